The van der Waals surface area contributed by atoms with Crippen LogP contribution in [0.3, 0.4) is 0 Å². The molecular weight excluding hydrogens is 495 g/mol. The Morgan fingerprint density at radius 1 is 1.11 bits per heavy atom. The standard InChI is InChI=1S/C18H15IN4O4S/c1-11-5-3-6-12(2)16(11)17-15(19)10-20-18(21-17)22-28(26,27)14-8-4-7-13(9-14)23(24)25/h3-10H,1-2H3,(H,20,21,22). The van der Waals surface area contributed by atoms with Crippen LogP contribution in [0.25, 0.3) is 11.3 Å². The minimum atomic E-state index is -4.08. The average molecular weight is 510 g/mol. The third-order valence-electron chi connectivity index (χ3n) is 4.03. The fourth-order valence-corrected chi connectivity index (χ4v) is 4.24. The summed E-state index contributed by atoms with van der Waals surface area (Å²) in [7, 11) is -4.08. The van der Waals surface area contributed by atoms with Crippen LogP contribution in [-0.2, 0) is 10.0 Å². The van der Waals surface area contributed by atoms with Crippen molar-refractivity contribution in [3.05, 3.63) is 73.5 Å². The SMILES string of the molecule is Cc1cccc(C)c1-c1nc(NS(=O)(=O)c2cccc([N+](=O)[O-])c2)ncc1I. The van der Waals surface area contributed by atoms with E-state index in [1.165, 1.54) is 24.4 Å². The highest BCUT2D eigenvalue weighted by molar-refractivity contribution is 14.1. The van der Waals surface area contributed by atoms with E-state index in [9.17, 15) is 18.5 Å². The maximum absolute atomic E-state index is 12.6. The van der Waals surface area contributed by atoms with Gasteiger partial charge in [-0.25, -0.2) is 23.1 Å². The van der Waals surface area contributed by atoms with Gasteiger partial charge in [0.25, 0.3) is 15.7 Å². The number of sulfonamides is 1. The van der Waals surface area contributed by atoms with Crippen LogP contribution in [0.5, 0.6) is 0 Å². The zero-order valence-corrected chi connectivity index (χ0v) is 17.9. The Hall–Kier alpha value is -2.60. The Morgan fingerprint density at radius 2 is 1.75 bits per heavy atom. The van der Waals surface area contributed by atoms with Gasteiger partial charge in [-0.2, -0.15) is 0 Å². The van der Waals surface area contributed by atoms with Gasteiger partial charge in [-0.15, -0.1) is 0 Å². The summed E-state index contributed by atoms with van der Waals surface area (Å²) in [4.78, 5) is 18.5. The number of nitrogens with zero attached hydrogens (tertiary/aromatic N) is 3. The Bertz CT molecular complexity index is 1160. The number of benzene rings is 2. The summed E-state index contributed by atoms with van der Waals surface area (Å²) in [6.07, 6.45) is 1.53. The molecule has 1 heterocycles. The lowest BCUT2D eigenvalue weighted by atomic mass is 10.00. The molecule has 0 aliphatic carbocycles. The number of nitro benzene ring substituents is 1. The first kappa shape index (κ1) is 20.1. The molecule has 0 unspecified atom stereocenters. The summed E-state index contributed by atoms with van der Waals surface area (Å²) in [5.41, 5.74) is 3.21. The van der Waals surface area contributed by atoms with E-state index in [4.69, 9.17) is 0 Å². The quantitative estimate of drug-likeness (QED) is 0.314. The molecule has 0 fully saturated rings. The van der Waals surface area contributed by atoms with E-state index in [0.29, 0.717) is 5.69 Å². The second kappa shape index (κ2) is 7.80. The highest BCUT2D eigenvalue weighted by atomic mass is 127. The van der Waals surface area contributed by atoms with Crippen molar-refractivity contribution in [1.29, 1.82) is 0 Å². The van der Waals surface area contributed by atoms with Crippen LogP contribution >= 0.6 is 22.6 Å². The van der Waals surface area contributed by atoms with Crippen molar-refractivity contribution in [1.82, 2.24) is 9.97 Å². The molecule has 0 amide bonds. The van der Waals surface area contributed by atoms with Crippen molar-refractivity contribution < 1.29 is 13.3 Å². The van der Waals surface area contributed by atoms with Crippen molar-refractivity contribution in [2.75, 3.05) is 4.72 Å². The van der Waals surface area contributed by atoms with Crippen molar-refractivity contribution >= 4 is 44.2 Å². The maximum Gasteiger partial charge on any atom is 0.270 e. The first-order valence-corrected chi connectivity index (χ1v) is 10.6. The number of aryl methyl sites for hydroxylation is 2. The molecular formula is C18H15IN4O4S. The third kappa shape index (κ3) is 4.12. The van der Waals surface area contributed by atoms with E-state index in [1.807, 2.05) is 32.0 Å². The Morgan fingerprint density at radius 3 is 2.39 bits per heavy atom. The Kier molecular flexibility index (Phi) is 5.61. The summed E-state index contributed by atoms with van der Waals surface area (Å²) in [6.45, 7) is 3.90. The lowest BCUT2D eigenvalue weighted by molar-refractivity contribution is -0.385. The van der Waals surface area contributed by atoms with Gasteiger partial charge in [0.15, 0.2) is 0 Å². The number of rotatable bonds is 5. The second-order valence-corrected chi connectivity index (χ2v) is 8.86. The second-order valence-electron chi connectivity index (χ2n) is 6.02. The molecule has 10 heteroatoms. The molecule has 2 aromatic carbocycles. The minimum absolute atomic E-state index is 0.107. The maximum atomic E-state index is 12.6. The zero-order chi connectivity index (χ0) is 20.5. The van der Waals surface area contributed by atoms with Gasteiger partial charge in [0.05, 0.1) is 19.1 Å². The lowest BCUT2D eigenvalue weighted by Gasteiger charge is -2.13. The van der Waals surface area contributed by atoms with Crippen molar-refractivity contribution in [3.63, 3.8) is 0 Å². The van der Waals surface area contributed by atoms with Crippen molar-refractivity contribution in [3.8, 4) is 11.3 Å². The summed E-state index contributed by atoms with van der Waals surface area (Å²) < 4.78 is 28.3. The van der Waals surface area contributed by atoms with Crippen LogP contribution in [0.1, 0.15) is 11.1 Å². The van der Waals surface area contributed by atoms with Crippen molar-refractivity contribution in [2.45, 2.75) is 18.7 Å². The topological polar surface area (TPSA) is 115 Å². The van der Waals surface area contributed by atoms with Gasteiger partial charge in [0, 0.05) is 23.9 Å². The molecule has 8 nitrogen and oxygen atoms in total. The molecule has 0 atom stereocenters. The third-order valence-corrected chi connectivity index (χ3v) is 6.14. The number of hydrogen-bond acceptors (Lipinski definition) is 6. The zero-order valence-electron chi connectivity index (χ0n) is 14.9. The molecule has 144 valence electrons. The highest BCUT2D eigenvalue weighted by Gasteiger charge is 2.20. The normalized spacial score (nSPS) is 11.2. The molecule has 28 heavy (non-hydrogen) atoms. The monoisotopic (exact) mass is 510 g/mol. The molecule has 1 N–H and O–H groups in total. The van der Waals surface area contributed by atoms with E-state index in [1.54, 1.807) is 0 Å². The lowest BCUT2D eigenvalue weighted by Crippen LogP contribution is -2.15. The number of nitrogens with one attached hydrogen (secondary N) is 1. The first-order chi connectivity index (χ1) is 13.2. The predicted octanol–water partition coefficient (Wildman–Crippen LogP) is 4.07. The fourth-order valence-electron chi connectivity index (χ4n) is 2.72. The van der Waals surface area contributed by atoms with Gasteiger partial charge in [-0.3, -0.25) is 10.1 Å². The van der Waals surface area contributed by atoms with E-state index in [-0.39, 0.29) is 16.5 Å². The van der Waals surface area contributed by atoms with E-state index < -0.39 is 14.9 Å². The number of halogens is 1. The Labute approximate surface area is 175 Å². The molecule has 0 radical (unpaired) electrons. The van der Waals surface area contributed by atoms with E-state index in [2.05, 4.69) is 37.3 Å². The summed E-state index contributed by atoms with van der Waals surface area (Å²) in [5, 5.41) is 10.9. The summed E-state index contributed by atoms with van der Waals surface area (Å²) in [6, 6.07) is 10.6. The van der Waals surface area contributed by atoms with Gasteiger partial charge < -0.3 is 0 Å². The van der Waals surface area contributed by atoms with Crippen LogP contribution in [0, 0.1) is 27.5 Å². The van der Waals surface area contributed by atoms with E-state index >= 15 is 0 Å². The average Bonchev–Trinajstić information content (AvgIpc) is 2.64. The van der Waals surface area contributed by atoms with E-state index in [0.717, 1.165) is 26.3 Å². The van der Waals surface area contributed by atoms with Gasteiger partial charge in [0.2, 0.25) is 5.95 Å². The number of nitro groups is 1. The van der Waals surface area contributed by atoms with Gasteiger partial charge in [-0.1, -0.05) is 24.3 Å². The number of aromatic nitrogens is 2. The number of non-ortho nitro benzene ring substituents is 1. The molecule has 0 saturated carbocycles. The van der Waals surface area contributed by atoms with Crippen LogP contribution in [0.2, 0.25) is 0 Å². The molecule has 3 aromatic rings. The molecule has 1 aromatic heterocycles. The molecule has 0 spiro atoms. The molecule has 3 rings (SSSR count). The number of hydrogen-bond donors (Lipinski definition) is 1. The van der Waals surface area contributed by atoms with Crippen LogP contribution in [0.4, 0.5) is 11.6 Å². The van der Waals surface area contributed by atoms with Crippen LogP contribution in [0.15, 0.2) is 53.6 Å². The molecule has 0 bridgehead atoms. The van der Waals surface area contributed by atoms with Gasteiger partial charge >= 0.3 is 0 Å². The fraction of sp³-hybridized carbons (Fsp3) is 0.111. The summed E-state index contributed by atoms with van der Waals surface area (Å²) >= 11 is 2.10. The number of anilines is 1. The van der Waals surface area contributed by atoms with Crippen LogP contribution < -0.4 is 4.72 Å². The first-order valence-electron chi connectivity index (χ1n) is 8.05. The molecule has 0 saturated heterocycles. The van der Waals surface area contributed by atoms with Gasteiger partial charge in [-0.05, 0) is 53.6 Å². The minimum Gasteiger partial charge on any atom is -0.258 e. The Balaban J connectivity index is 2.02. The van der Waals surface area contributed by atoms with Crippen LogP contribution in [-0.4, -0.2) is 23.3 Å². The summed E-state index contributed by atoms with van der Waals surface area (Å²) in [5.74, 6) is -0.107. The highest BCUT2D eigenvalue weighted by Crippen LogP contribution is 2.30. The largest absolute Gasteiger partial charge is 0.270 e. The van der Waals surface area contributed by atoms with Gasteiger partial charge in [0.1, 0.15) is 0 Å². The predicted molar refractivity (Wildman–Crippen MR) is 114 cm³/mol. The molecule has 0 aliphatic rings. The smallest absolute Gasteiger partial charge is 0.258 e. The van der Waals surface area contributed by atoms with Crippen molar-refractivity contribution in [2.24, 2.45) is 0 Å². The molecule has 0 aliphatic heterocycles.